The van der Waals surface area contributed by atoms with Crippen LogP contribution in [0.3, 0.4) is 0 Å². The summed E-state index contributed by atoms with van der Waals surface area (Å²) in [4.78, 5) is 25.1. The van der Waals surface area contributed by atoms with Gasteiger partial charge in [0.2, 0.25) is 0 Å². The molecule has 0 aromatic heterocycles. The number of rotatable bonds is 10. The van der Waals surface area contributed by atoms with Crippen LogP contribution < -0.4 is 5.32 Å². The zero-order chi connectivity index (χ0) is 22.0. The molecule has 0 aliphatic heterocycles. The summed E-state index contributed by atoms with van der Waals surface area (Å²) in [6.45, 7) is 1.64. The molecule has 0 aliphatic rings. The van der Waals surface area contributed by atoms with Gasteiger partial charge in [0.05, 0.1) is 0 Å². The summed E-state index contributed by atoms with van der Waals surface area (Å²) >= 11 is 11.2. The van der Waals surface area contributed by atoms with E-state index >= 15 is 0 Å². The molecule has 2 rings (SSSR count). The predicted octanol–water partition coefficient (Wildman–Crippen LogP) is 5.87. The van der Waals surface area contributed by atoms with E-state index in [1.54, 1.807) is 0 Å². The highest BCUT2D eigenvalue weighted by Gasteiger charge is 2.37. The van der Waals surface area contributed by atoms with Gasteiger partial charge in [0, 0.05) is 6.16 Å². The lowest BCUT2D eigenvalue weighted by Crippen LogP contribution is -2.53. The van der Waals surface area contributed by atoms with E-state index in [1.807, 2.05) is 60.7 Å². The second-order valence-electron chi connectivity index (χ2n) is 6.98. The molecule has 0 bridgehead atoms. The second-order valence-corrected chi connectivity index (χ2v) is 12.4. The summed E-state index contributed by atoms with van der Waals surface area (Å²) in [6.07, 6.45) is -0.374. The molecule has 1 unspecified atom stereocenters. The maximum atomic E-state index is 12.8. The third-order valence-electron chi connectivity index (χ3n) is 4.35. The first-order valence-electron chi connectivity index (χ1n) is 9.36. The maximum Gasteiger partial charge on any atom is 0.408 e. The minimum Gasteiger partial charge on any atom is -0.459 e. The van der Waals surface area contributed by atoms with E-state index in [9.17, 15) is 14.2 Å². The van der Waals surface area contributed by atoms with Gasteiger partial charge in [-0.05, 0) is 53.4 Å². The Balaban J connectivity index is 2.00. The summed E-state index contributed by atoms with van der Waals surface area (Å²) in [6, 6.07) is 18.3. The van der Waals surface area contributed by atoms with Crippen LogP contribution in [-0.4, -0.2) is 23.8 Å². The summed E-state index contributed by atoms with van der Waals surface area (Å²) < 4.78 is 22.2. The Hall–Kier alpha value is -2.01. The van der Waals surface area contributed by atoms with Gasteiger partial charge in [-0.2, -0.15) is 0 Å². The van der Waals surface area contributed by atoms with Gasteiger partial charge in [-0.1, -0.05) is 60.7 Å². The van der Waals surface area contributed by atoms with Crippen molar-refractivity contribution in [1.82, 2.24) is 5.32 Å². The maximum absolute atomic E-state index is 12.8. The highest BCUT2D eigenvalue weighted by Crippen LogP contribution is 2.57. The van der Waals surface area contributed by atoms with Gasteiger partial charge in [0.15, 0.2) is 0 Å². The Morgan fingerprint density at radius 2 is 1.43 bits per heavy atom. The number of nitrogens with one attached hydrogen (secondary N) is 1. The first-order chi connectivity index (χ1) is 14.2. The van der Waals surface area contributed by atoms with Crippen molar-refractivity contribution in [1.29, 1.82) is 0 Å². The number of amides is 1. The van der Waals surface area contributed by atoms with Gasteiger partial charge in [0.1, 0.15) is 18.8 Å². The highest BCUT2D eigenvalue weighted by molar-refractivity contribution is 8.08. The zero-order valence-electron chi connectivity index (χ0n) is 16.6. The largest absolute Gasteiger partial charge is 0.459 e. The number of halogens is 2. The number of esters is 1. The van der Waals surface area contributed by atoms with Crippen molar-refractivity contribution >= 4 is 40.4 Å². The molecule has 30 heavy (non-hydrogen) atoms. The van der Waals surface area contributed by atoms with Gasteiger partial charge in [-0.25, -0.2) is 9.59 Å². The van der Waals surface area contributed by atoms with Crippen molar-refractivity contribution in [2.24, 2.45) is 0 Å². The predicted molar refractivity (Wildman–Crippen MR) is 118 cm³/mol. The monoisotopic (exact) mass is 471 g/mol. The average Bonchev–Trinajstić information content (AvgIpc) is 2.71. The lowest BCUT2D eigenvalue weighted by atomic mass is 9.96. The molecule has 0 saturated carbocycles. The van der Waals surface area contributed by atoms with Crippen LogP contribution in [0.4, 0.5) is 4.79 Å². The number of ether oxygens (including phenoxy) is 2. The number of benzene rings is 2. The lowest BCUT2D eigenvalue weighted by molar-refractivity contribution is -0.152. The molecule has 162 valence electrons. The van der Waals surface area contributed by atoms with Crippen LogP contribution in [-0.2, 0) is 32.0 Å². The molecular formula is C21H24Cl2NO5P. The van der Waals surface area contributed by atoms with Crippen molar-refractivity contribution in [3.63, 3.8) is 0 Å². The Labute approximate surface area is 185 Å². The summed E-state index contributed by atoms with van der Waals surface area (Å²) in [5.41, 5.74) is 0.225. The Morgan fingerprint density at radius 3 is 1.93 bits per heavy atom. The van der Waals surface area contributed by atoms with E-state index in [4.69, 9.17) is 32.0 Å². The standard InChI is InChI=1S/C21H24Cl2NO5P/c1-21(13-8-14-30(22,23)27,19(25)28-15-17-9-4-2-5-10-17)24-20(26)29-16-18-11-6-3-7-12-18/h2-7,9-12H,8,13-16H2,1H3,(H,24,26). The first-order valence-corrected chi connectivity index (χ1v) is 13.1. The molecule has 0 aliphatic carbocycles. The minimum atomic E-state index is -3.28. The molecule has 0 fully saturated rings. The molecule has 1 N–H and O–H groups in total. The van der Waals surface area contributed by atoms with Gasteiger partial charge in [-0.15, -0.1) is 0 Å². The van der Waals surface area contributed by atoms with Crippen LogP contribution in [0.25, 0.3) is 0 Å². The van der Waals surface area contributed by atoms with Crippen molar-refractivity contribution in [2.45, 2.75) is 38.5 Å². The topological polar surface area (TPSA) is 81.7 Å². The van der Waals surface area contributed by atoms with Crippen molar-refractivity contribution in [3.8, 4) is 0 Å². The lowest BCUT2D eigenvalue weighted by Gasteiger charge is -2.28. The number of hydrogen-bond acceptors (Lipinski definition) is 5. The summed E-state index contributed by atoms with van der Waals surface area (Å²) in [5, 5.41) is 2.57. The molecule has 0 saturated heterocycles. The van der Waals surface area contributed by atoms with E-state index in [1.165, 1.54) is 6.92 Å². The van der Waals surface area contributed by atoms with Crippen LogP contribution in [0, 0.1) is 0 Å². The van der Waals surface area contributed by atoms with Gasteiger partial charge >= 0.3 is 12.1 Å². The van der Waals surface area contributed by atoms with E-state index < -0.39 is 23.4 Å². The fourth-order valence-corrected chi connectivity index (χ4v) is 3.94. The van der Waals surface area contributed by atoms with E-state index in [0.29, 0.717) is 0 Å². The number of alkyl carbamates (subject to hydrolysis) is 1. The summed E-state index contributed by atoms with van der Waals surface area (Å²) in [5.74, 6) is -3.92. The fourth-order valence-electron chi connectivity index (χ4n) is 2.70. The molecule has 6 nitrogen and oxygen atoms in total. The zero-order valence-corrected chi connectivity index (χ0v) is 19.0. The Bertz CT molecular complexity index is 875. The van der Waals surface area contributed by atoms with Crippen molar-refractivity contribution in [3.05, 3.63) is 71.8 Å². The quantitative estimate of drug-likeness (QED) is 0.346. The van der Waals surface area contributed by atoms with Crippen LogP contribution in [0.2, 0.25) is 0 Å². The summed E-state index contributed by atoms with van der Waals surface area (Å²) in [7, 11) is 0. The van der Waals surface area contributed by atoms with E-state index in [-0.39, 0.29) is 32.2 Å². The SMILES string of the molecule is CC(CCCP(=O)(Cl)Cl)(NC(=O)OCc1ccccc1)C(=O)OCc1ccccc1. The molecule has 2 aromatic carbocycles. The van der Waals surface area contributed by atoms with Gasteiger partial charge < -0.3 is 14.8 Å². The molecule has 0 radical (unpaired) electrons. The molecule has 0 spiro atoms. The van der Waals surface area contributed by atoms with Gasteiger partial charge in [0.25, 0.3) is 5.85 Å². The smallest absolute Gasteiger partial charge is 0.408 e. The van der Waals surface area contributed by atoms with E-state index in [0.717, 1.165) is 11.1 Å². The Kier molecular flexibility index (Phi) is 9.22. The number of hydrogen-bond donors (Lipinski definition) is 1. The third kappa shape index (κ3) is 8.78. The second kappa shape index (κ2) is 11.4. The molecule has 2 aromatic rings. The van der Waals surface area contributed by atoms with Crippen LogP contribution in [0.5, 0.6) is 0 Å². The molecule has 0 heterocycles. The highest BCUT2D eigenvalue weighted by atomic mass is 35.9. The first kappa shape index (κ1) is 24.3. The molecule has 9 heteroatoms. The Morgan fingerprint density at radius 1 is 0.933 bits per heavy atom. The third-order valence-corrected chi connectivity index (χ3v) is 6.20. The van der Waals surface area contributed by atoms with Crippen molar-refractivity contribution in [2.75, 3.05) is 6.16 Å². The normalized spacial score (nSPS) is 13.2. The van der Waals surface area contributed by atoms with Crippen LogP contribution in [0.15, 0.2) is 60.7 Å². The molecule has 1 atom stereocenters. The fraction of sp³-hybridized carbons (Fsp3) is 0.333. The molecule has 1 amide bonds. The number of carbonyl (C=O) groups is 2. The minimum absolute atomic E-state index is 0.0123. The number of carbonyl (C=O) groups excluding carboxylic acids is 2. The average molecular weight is 472 g/mol. The van der Waals surface area contributed by atoms with Crippen molar-refractivity contribution < 1.29 is 23.6 Å². The van der Waals surface area contributed by atoms with Crippen LogP contribution in [0.1, 0.15) is 30.9 Å². The molecular weight excluding hydrogens is 448 g/mol. The van der Waals surface area contributed by atoms with E-state index in [2.05, 4.69) is 5.32 Å². The van der Waals surface area contributed by atoms with Gasteiger partial charge in [-0.3, -0.25) is 4.57 Å². The van der Waals surface area contributed by atoms with Crippen LogP contribution >= 0.6 is 28.3 Å².